The normalized spacial score (nSPS) is 16.0. The molecule has 0 atom stereocenters. The van der Waals surface area contributed by atoms with Gasteiger partial charge in [0.05, 0.1) is 16.2 Å². The number of aromatic carboxylic acids is 1. The zero-order valence-corrected chi connectivity index (χ0v) is 21.3. The molecule has 3 aromatic carbocycles. The van der Waals surface area contributed by atoms with Crippen molar-refractivity contribution in [3.63, 3.8) is 0 Å². The minimum atomic E-state index is -1.03. The number of rotatable bonds is 5. The molecule has 0 spiro atoms. The van der Waals surface area contributed by atoms with Crippen LogP contribution >= 0.6 is 35.0 Å². The van der Waals surface area contributed by atoms with Gasteiger partial charge in [0.2, 0.25) is 0 Å². The first kappa shape index (κ1) is 24.2. The van der Waals surface area contributed by atoms with Crippen LogP contribution in [0.3, 0.4) is 0 Å². The molecule has 1 aliphatic rings. The second-order valence-corrected chi connectivity index (χ2v) is 10.0. The van der Waals surface area contributed by atoms with E-state index in [1.165, 1.54) is 28.8 Å². The molecule has 4 aromatic rings. The Balaban J connectivity index is 1.49. The molecule has 0 bridgehead atoms. The summed E-state index contributed by atoms with van der Waals surface area (Å²) in [5, 5.41) is 11.9. The number of carboxylic acids is 1. The van der Waals surface area contributed by atoms with Crippen LogP contribution in [-0.2, 0) is 11.3 Å². The van der Waals surface area contributed by atoms with Crippen LogP contribution in [0.25, 0.3) is 17.0 Å². The lowest BCUT2D eigenvalue weighted by Gasteiger charge is -2.08. The molecule has 0 unspecified atom stereocenters. The summed E-state index contributed by atoms with van der Waals surface area (Å²) in [7, 11) is 1.65. The van der Waals surface area contributed by atoms with Gasteiger partial charge in [-0.05, 0) is 59.8 Å². The van der Waals surface area contributed by atoms with E-state index in [0.717, 1.165) is 22.0 Å². The highest BCUT2D eigenvalue weighted by Gasteiger charge is 2.30. The Bertz CT molecular complexity index is 1590. The number of hydrogen-bond donors (Lipinski definition) is 1. The Kier molecular flexibility index (Phi) is 6.62. The van der Waals surface area contributed by atoms with E-state index < -0.39 is 5.97 Å². The molecule has 1 amide bonds. The maximum atomic E-state index is 13.0. The van der Waals surface area contributed by atoms with Gasteiger partial charge >= 0.3 is 5.97 Å². The lowest BCUT2D eigenvalue weighted by Crippen LogP contribution is -2.23. The van der Waals surface area contributed by atoms with Crippen molar-refractivity contribution in [1.82, 2.24) is 9.47 Å². The summed E-state index contributed by atoms with van der Waals surface area (Å²) in [4.78, 5) is 30.8. The molecule has 180 valence electrons. The fourth-order valence-electron chi connectivity index (χ4n) is 3.97. The predicted molar refractivity (Wildman–Crippen MR) is 146 cm³/mol. The van der Waals surface area contributed by atoms with Crippen molar-refractivity contribution in [2.75, 3.05) is 7.05 Å². The number of fused-ring (bicyclic) bond motifs is 1. The number of para-hydroxylation sites is 1. The van der Waals surface area contributed by atoms with Crippen LogP contribution in [0.5, 0.6) is 0 Å². The van der Waals surface area contributed by atoms with E-state index >= 15 is 0 Å². The second kappa shape index (κ2) is 9.85. The first-order chi connectivity index (χ1) is 17.3. The lowest BCUT2D eigenvalue weighted by atomic mass is 10.1. The van der Waals surface area contributed by atoms with E-state index in [2.05, 4.69) is 9.56 Å². The number of aliphatic imine (C=N–C) groups is 1. The van der Waals surface area contributed by atoms with E-state index in [1.54, 1.807) is 25.2 Å². The molecule has 1 fully saturated rings. The van der Waals surface area contributed by atoms with E-state index in [0.29, 0.717) is 32.4 Å². The fraction of sp³-hybridized carbons (Fsp3) is 0.0741. The first-order valence-corrected chi connectivity index (χ1v) is 12.5. The number of carbonyl (C=O) groups is 2. The maximum Gasteiger partial charge on any atom is 0.335 e. The summed E-state index contributed by atoms with van der Waals surface area (Å²) < 4.78 is 2.09. The highest BCUT2D eigenvalue weighted by molar-refractivity contribution is 8.18. The molecule has 2 heterocycles. The van der Waals surface area contributed by atoms with Crippen LogP contribution < -0.4 is 0 Å². The van der Waals surface area contributed by atoms with Crippen molar-refractivity contribution in [1.29, 1.82) is 0 Å². The minimum absolute atomic E-state index is 0.137. The number of likely N-dealkylation sites (N-methyl/N-ethyl adjacent to an activating group) is 1. The van der Waals surface area contributed by atoms with Crippen molar-refractivity contribution in [3.05, 3.63) is 105 Å². The van der Waals surface area contributed by atoms with Crippen LogP contribution in [0, 0.1) is 0 Å². The van der Waals surface area contributed by atoms with Gasteiger partial charge in [-0.2, -0.15) is 0 Å². The van der Waals surface area contributed by atoms with Crippen molar-refractivity contribution >= 4 is 74.7 Å². The number of thioether (sulfide) groups is 1. The molecule has 0 radical (unpaired) electrons. The molecule has 36 heavy (non-hydrogen) atoms. The Labute approximate surface area is 221 Å². The zero-order chi connectivity index (χ0) is 25.4. The zero-order valence-electron chi connectivity index (χ0n) is 19.0. The molecule has 5 rings (SSSR count). The number of hydrogen-bond acceptors (Lipinski definition) is 4. The quantitative estimate of drug-likeness (QED) is 0.281. The van der Waals surface area contributed by atoms with E-state index in [1.807, 2.05) is 48.7 Å². The Morgan fingerprint density at radius 2 is 1.89 bits per heavy atom. The average molecular weight is 536 g/mol. The number of carboxylic acid groups (broad SMARTS) is 1. The third-order valence-corrected chi connectivity index (χ3v) is 7.43. The third-order valence-electron chi connectivity index (χ3n) is 5.78. The molecular weight excluding hydrogens is 517 g/mol. The summed E-state index contributed by atoms with van der Waals surface area (Å²) in [6, 6.07) is 19.7. The number of nitrogens with zero attached hydrogens (tertiary/aromatic N) is 3. The molecule has 1 N–H and O–H groups in total. The van der Waals surface area contributed by atoms with E-state index in [9.17, 15) is 14.7 Å². The Morgan fingerprint density at radius 1 is 1.08 bits per heavy atom. The lowest BCUT2D eigenvalue weighted by molar-refractivity contribution is -0.121. The number of carbonyl (C=O) groups excluding carboxylic acids is 1. The van der Waals surface area contributed by atoms with Gasteiger partial charge < -0.3 is 9.67 Å². The van der Waals surface area contributed by atoms with Crippen LogP contribution in [0.2, 0.25) is 10.0 Å². The average Bonchev–Trinajstić information content (AvgIpc) is 3.33. The molecule has 6 nitrogen and oxygen atoms in total. The molecular formula is C27H19Cl2N3O3S. The van der Waals surface area contributed by atoms with Crippen molar-refractivity contribution in [2.45, 2.75) is 6.54 Å². The number of amidine groups is 1. The number of amides is 1. The van der Waals surface area contributed by atoms with Gasteiger partial charge in [-0.3, -0.25) is 9.69 Å². The van der Waals surface area contributed by atoms with Crippen LogP contribution in [0.15, 0.2) is 82.8 Å². The summed E-state index contributed by atoms with van der Waals surface area (Å²) in [6.07, 6.45) is 3.86. The van der Waals surface area contributed by atoms with Gasteiger partial charge in [0.25, 0.3) is 5.91 Å². The van der Waals surface area contributed by atoms with Gasteiger partial charge in [-0.1, -0.05) is 53.5 Å². The number of halogens is 2. The van der Waals surface area contributed by atoms with Gasteiger partial charge in [0, 0.05) is 46.3 Å². The van der Waals surface area contributed by atoms with Gasteiger partial charge in [0.1, 0.15) is 0 Å². The molecule has 9 heteroatoms. The molecule has 1 saturated heterocycles. The summed E-state index contributed by atoms with van der Waals surface area (Å²) in [6.45, 7) is 0.549. The van der Waals surface area contributed by atoms with Crippen LogP contribution in [-0.4, -0.2) is 38.7 Å². The van der Waals surface area contributed by atoms with E-state index in [-0.39, 0.29) is 11.5 Å². The number of aromatic nitrogens is 1. The summed E-state index contributed by atoms with van der Waals surface area (Å²) in [5.74, 6) is -1.21. The number of benzene rings is 3. The first-order valence-electron chi connectivity index (χ1n) is 10.9. The molecule has 1 aromatic heterocycles. The SMILES string of the molecule is CN1C(=O)/C(=C/c2cn(Cc3ccc(Cl)cc3Cl)c3ccccc23)SC1=Nc1cccc(C(=O)O)c1. The smallest absolute Gasteiger partial charge is 0.335 e. The summed E-state index contributed by atoms with van der Waals surface area (Å²) in [5.41, 5.74) is 3.45. The van der Waals surface area contributed by atoms with Crippen molar-refractivity contribution in [2.24, 2.45) is 4.99 Å². The van der Waals surface area contributed by atoms with Crippen LogP contribution in [0.1, 0.15) is 21.5 Å². The molecule has 0 aliphatic carbocycles. The second-order valence-electron chi connectivity index (χ2n) is 8.19. The molecule has 0 saturated carbocycles. The minimum Gasteiger partial charge on any atom is -0.478 e. The van der Waals surface area contributed by atoms with Gasteiger partial charge in [-0.25, -0.2) is 9.79 Å². The fourth-order valence-corrected chi connectivity index (χ4v) is 5.41. The predicted octanol–water partition coefficient (Wildman–Crippen LogP) is 6.93. The van der Waals surface area contributed by atoms with Crippen molar-refractivity contribution in [3.8, 4) is 0 Å². The van der Waals surface area contributed by atoms with Gasteiger partial charge in [0.15, 0.2) is 5.17 Å². The third kappa shape index (κ3) is 4.78. The molecule has 1 aliphatic heterocycles. The Hall–Kier alpha value is -3.52. The monoisotopic (exact) mass is 535 g/mol. The topological polar surface area (TPSA) is 74.9 Å². The largest absolute Gasteiger partial charge is 0.478 e. The maximum absolute atomic E-state index is 13.0. The van der Waals surface area contributed by atoms with Crippen LogP contribution in [0.4, 0.5) is 5.69 Å². The summed E-state index contributed by atoms with van der Waals surface area (Å²) >= 11 is 13.7. The standard InChI is InChI=1S/C27H19Cl2N3O3S/c1-31-25(33)24(36-27(31)30-20-6-4-5-16(11-20)26(34)35)12-18-15-32(23-8-3-2-7-21(18)23)14-17-9-10-19(28)13-22(17)29/h2-13,15H,14H2,1H3,(H,34,35)/b24-12-,30-27?. The highest BCUT2D eigenvalue weighted by atomic mass is 35.5. The Morgan fingerprint density at radius 3 is 2.67 bits per heavy atom. The van der Waals surface area contributed by atoms with E-state index in [4.69, 9.17) is 23.2 Å². The van der Waals surface area contributed by atoms with Gasteiger partial charge in [-0.15, -0.1) is 0 Å². The highest BCUT2D eigenvalue weighted by Crippen LogP contribution is 2.35. The van der Waals surface area contributed by atoms with Crippen molar-refractivity contribution < 1.29 is 14.7 Å².